The number of hydrogen-bond donors (Lipinski definition) is 2. The van der Waals surface area contributed by atoms with E-state index in [0.29, 0.717) is 6.04 Å². The molecule has 0 aliphatic carbocycles. The molecule has 1 aliphatic rings. The lowest BCUT2D eigenvalue weighted by Gasteiger charge is -2.23. The van der Waals surface area contributed by atoms with E-state index in [2.05, 4.69) is 43.2 Å². The van der Waals surface area contributed by atoms with Crippen molar-refractivity contribution in [3.05, 3.63) is 34.5 Å². The second-order valence-electron chi connectivity index (χ2n) is 6.01. The van der Waals surface area contributed by atoms with Crippen molar-refractivity contribution in [3.8, 4) is 0 Å². The molecule has 1 saturated heterocycles. The average Bonchev–Trinajstić information content (AvgIpc) is 2.73. The van der Waals surface area contributed by atoms with Crippen LogP contribution in [0.3, 0.4) is 0 Å². The summed E-state index contributed by atoms with van der Waals surface area (Å²) in [7, 11) is 0. The van der Waals surface area contributed by atoms with Gasteiger partial charge in [0.15, 0.2) is 0 Å². The van der Waals surface area contributed by atoms with Gasteiger partial charge in [0.05, 0.1) is 0 Å². The van der Waals surface area contributed by atoms with Crippen molar-refractivity contribution in [1.29, 1.82) is 0 Å². The maximum absolute atomic E-state index is 3.66. The Morgan fingerprint density at radius 1 is 1.16 bits per heavy atom. The molecule has 1 aromatic heterocycles. The fourth-order valence-electron chi connectivity index (χ4n) is 3.30. The van der Waals surface area contributed by atoms with Crippen molar-refractivity contribution in [2.75, 3.05) is 6.54 Å². The molecule has 0 spiro atoms. The van der Waals surface area contributed by atoms with E-state index < -0.39 is 0 Å². The second-order valence-corrected chi connectivity index (χ2v) is 6.01. The van der Waals surface area contributed by atoms with Crippen LogP contribution in [0, 0.1) is 20.8 Å². The Labute approximate surface area is 115 Å². The van der Waals surface area contributed by atoms with Crippen LogP contribution in [0.25, 0.3) is 10.9 Å². The van der Waals surface area contributed by atoms with Crippen molar-refractivity contribution >= 4 is 10.9 Å². The lowest BCUT2D eigenvalue weighted by atomic mass is 9.95. The van der Waals surface area contributed by atoms with E-state index in [9.17, 15) is 0 Å². The van der Waals surface area contributed by atoms with Gasteiger partial charge in [-0.3, -0.25) is 0 Å². The largest absolute Gasteiger partial charge is 0.358 e. The minimum atomic E-state index is 0.660. The Kier molecular flexibility index (Phi) is 3.36. The zero-order valence-corrected chi connectivity index (χ0v) is 12.3. The fraction of sp³-hybridized carbons (Fsp3) is 0.529. The monoisotopic (exact) mass is 256 g/mol. The van der Waals surface area contributed by atoms with Crippen molar-refractivity contribution < 1.29 is 0 Å². The van der Waals surface area contributed by atoms with Gasteiger partial charge in [0, 0.05) is 22.6 Å². The van der Waals surface area contributed by atoms with Gasteiger partial charge < -0.3 is 10.3 Å². The molecule has 2 aromatic rings. The van der Waals surface area contributed by atoms with Crippen molar-refractivity contribution in [2.24, 2.45) is 0 Å². The number of fused-ring (bicyclic) bond motifs is 1. The van der Waals surface area contributed by atoms with Crippen LogP contribution in [0.2, 0.25) is 0 Å². The van der Waals surface area contributed by atoms with Crippen molar-refractivity contribution in [1.82, 2.24) is 10.3 Å². The molecule has 2 heterocycles. The highest BCUT2D eigenvalue weighted by atomic mass is 14.9. The van der Waals surface area contributed by atoms with E-state index in [1.807, 2.05) is 0 Å². The molecule has 19 heavy (non-hydrogen) atoms. The maximum atomic E-state index is 3.66. The molecule has 0 amide bonds. The lowest BCUT2D eigenvalue weighted by Crippen LogP contribution is -2.35. The Morgan fingerprint density at radius 2 is 2.00 bits per heavy atom. The minimum absolute atomic E-state index is 0.660. The summed E-state index contributed by atoms with van der Waals surface area (Å²) in [4.78, 5) is 3.60. The molecule has 1 atom stereocenters. The van der Waals surface area contributed by atoms with Gasteiger partial charge in [-0.25, -0.2) is 0 Å². The van der Waals surface area contributed by atoms with E-state index >= 15 is 0 Å². The summed E-state index contributed by atoms with van der Waals surface area (Å²) in [6.07, 6.45) is 5.18. The minimum Gasteiger partial charge on any atom is -0.358 e. The number of aromatic amines is 1. The molecule has 2 heteroatoms. The Balaban J connectivity index is 1.98. The van der Waals surface area contributed by atoms with Gasteiger partial charge in [-0.15, -0.1) is 0 Å². The van der Waals surface area contributed by atoms with Crippen molar-refractivity contribution in [2.45, 2.75) is 52.5 Å². The fourth-order valence-corrected chi connectivity index (χ4v) is 3.30. The summed E-state index contributed by atoms with van der Waals surface area (Å²) < 4.78 is 0. The van der Waals surface area contributed by atoms with Crippen LogP contribution in [0.1, 0.15) is 41.6 Å². The first-order valence-electron chi connectivity index (χ1n) is 7.47. The molecular formula is C17H24N2. The van der Waals surface area contributed by atoms with Crippen LogP contribution in [0.5, 0.6) is 0 Å². The highest BCUT2D eigenvalue weighted by Gasteiger charge is 2.17. The number of rotatable bonds is 2. The first kappa shape index (κ1) is 12.7. The smallest absolute Gasteiger partial charge is 0.0491 e. The number of aromatic nitrogens is 1. The number of benzene rings is 1. The molecule has 2 nitrogen and oxygen atoms in total. The van der Waals surface area contributed by atoms with E-state index in [4.69, 9.17) is 0 Å². The van der Waals surface area contributed by atoms with E-state index in [1.54, 1.807) is 0 Å². The zero-order chi connectivity index (χ0) is 13.4. The Bertz CT molecular complexity index is 589. The maximum Gasteiger partial charge on any atom is 0.0491 e. The summed E-state index contributed by atoms with van der Waals surface area (Å²) in [5.74, 6) is 0. The highest BCUT2D eigenvalue weighted by Crippen LogP contribution is 2.28. The number of nitrogens with one attached hydrogen (secondary N) is 2. The van der Waals surface area contributed by atoms with Crippen LogP contribution in [-0.4, -0.2) is 17.6 Å². The molecule has 0 saturated carbocycles. The number of aryl methyl sites for hydroxylation is 3. The Hall–Kier alpha value is -1.28. The van der Waals surface area contributed by atoms with Gasteiger partial charge in [-0.05, 0) is 63.3 Å². The normalized spacial score (nSPS) is 20.1. The lowest BCUT2D eigenvalue weighted by molar-refractivity contribution is 0.399. The predicted octanol–water partition coefficient (Wildman–Crippen LogP) is 3.78. The van der Waals surface area contributed by atoms with Crippen LogP contribution >= 0.6 is 0 Å². The Morgan fingerprint density at radius 3 is 2.74 bits per heavy atom. The second kappa shape index (κ2) is 5.01. The van der Waals surface area contributed by atoms with E-state index in [1.165, 1.54) is 59.1 Å². The SMILES string of the molecule is Cc1ccc2c(CC3CCCCN3)c(C)[nH]c2c1C. The first-order valence-corrected chi connectivity index (χ1v) is 7.47. The van der Waals surface area contributed by atoms with E-state index in [-0.39, 0.29) is 0 Å². The van der Waals surface area contributed by atoms with Gasteiger partial charge in [0.25, 0.3) is 0 Å². The molecule has 3 rings (SSSR count). The standard InChI is InChI=1S/C17H24N2/c1-11-7-8-15-16(10-14-6-4-5-9-18-14)13(3)19-17(15)12(11)2/h7-8,14,18-19H,4-6,9-10H2,1-3H3. The molecule has 102 valence electrons. The molecular weight excluding hydrogens is 232 g/mol. The van der Waals surface area contributed by atoms with Gasteiger partial charge in [-0.2, -0.15) is 0 Å². The summed E-state index contributed by atoms with van der Waals surface area (Å²) in [5, 5.41) is 5.09. The van der Waals surface area contributed by atoms with Crippen LogP contribution in [-0.2, 0) is 6.42 Å². The quantitative estimate of drug-likeness (QED) is 0.841. The summed E-state index contributed by atoms with van der Waals surface area (Å²) in [6.45, 7) is 7.81. The number of hydrogen-bond acceptors (Lipinski definition) is 1. The molecule has 1 aliphatic heterocycles. The zero-order valence-electron chi connectivity index (χ0n) is 12.3. The van der Waals surface area contributed by atoms with Gasteiger partial charge in [-0.1, -0.05) is 18.6 Å². The molecule has 0 radical (unpaired) electrons. The average molecular weight is 256 g/mol. The summed E-state index contributed by atoms with van der Waals surface area (Å²) >= 11 is 0. The third-order valence-electron chi connectivity index (χ3n) is 4.69. The number of H-pyrrole nitrogens is 1. The molecule has 1 aromatic carbocycles. The predicted molar refractivity (Wildman–Crippen MR) is 81.9 cm³/mol. The highest BCUT2D eigenvalue weighted by molar-refractivity contribution is 5.88. The third kappa shape index (κ3) is 2.30. The van der Waals surface area contributed by atoms with Crippen LogP contribution in [0.4, 0.5) is 0 Å². The first-order chi connectivity index (χ1) is 9.16. The third-order valence-corrected chi connectivity index (χ3v) is 4.69. The van der Waals surface area contributed by atoms with Gasteiger partial charge in [0.1, 0.15) is 0 Å². The van der Waals surface area contributed by atoms with Gasteiger partial charge >= 0.3 is 0 Å². The number of piperidine rings is 1. The van der Waals surface area contributed by atoms with Crippen LogP contribution < -0.4 is 5.32 Å². The topological polar surface area (TPSA) is 27.8 Å². The molecule has 2 N–H and O–H groups in total. The van der Waals surface area contributed by atoms with Crippen molar-refractivity contribution in [3.63, 3.8) is 0 Å². The molecule has 1 fully saturated rings. The molecule has 0 bridgehead atoms. The van der Waals surface area contributed by atoms with E-state index in [0.717, 1.165) is 6.42 Å². The summed E-state index contributed by atoms with van der Waals surface area (Å²) in [6, 6.07) is 5.20. The van der Waals surface area contributed by atoms with Crippen LogP contribution in [0.15, 0.2) is 12.1 Å². The molecule has 1 unspecified atom stereocenters. The summed E-state index contributed by atoms with van der Waals surface area (Å²) in [5.41, 5.74) is 6.96. The van der Waals surface area contributed by atoms with Gasteiger partial charge in [0.2, 0.25) is 0 Å².